The van der Waals surface area contributed by atoms with Gasteiger partial charge >= 0.3 is 0 Å². The maximum absolute atomic E-state index is 12.2. The Morgan fingerprint density at radius 3 is 2.67 bits per heavy atom. The first-order chi connectivity index (χ1) is 10.0. The summed E-state index contributed by atoms with van der Waals surface area (Å²) in [6, 6.07) is 10.2. The van der Waals surface area contributed by atoms with E-state index >= 15 is 0 Å². The summed E-state index contributed by atoms with van der Waals surface area (Å²) in [5.41, 5.74) is 1.93. The summed E-state index contributed by atoms with van der Waals surface area (Å²) in [5.74, 6) is -0.105. The van der Waals surface area contributed by atoms with Crippen LogP contribution in [0.1, 0.15) is 5.56 Å². The highest BCUT2D eigenvalue weighted by atomic mass is 35.5. The standard InChI is InChI=1S/C14H12ClN3O2S/c15-12-3-1-11(2-4-12)10-21(19,20)17-13-5-6-14-16-7-8-18(14)9-13/h1-9,17H,10H2. The third-order valence-corrected chi connectivity index (χ3v) is 4.44. The van der Waals surface area contributed by atoms with Crippen LogP contribution in [-0.2, 0) is 15.8 Å². The van der Waals surface area contributed by atoms with E-state index in [2.05, 4.69) is 9.71 Å². The lowest BCUT2D eigenvalue weighted by molar-refractivity contribution is 0.600. The normalized spacial score (nSPS) is 11.7. The summed E-state index contributed by atoms with van der Waals surface area (Å²) in [5, 5.41) is 0.578. The topological polar surface area (TPSA) is 63.5 Å². The molecule has 0 aliphatic carbocycles. The molecule has 0 saturated heterocycles. The first-order valence-corrected chi connectivity index (χ1v) is 8.22. The van der Waals surface area contributed by atoms with Crippen molar-refractivity contribution in [2.24, 2.45) is 0 Å². The van der Waals surface area contributed by atoms with Crippen molar-refractivity contribution >= 4 is 33.0 Å². The Hall–Kier alpha value is -2.05. The number of anilines is 1. The second kappa shape index (κ2) is 5.38. The van der Waals surface area contributed by atoms with Gasteiger partial charge in [-0.25, -0.2) is 13.4 Å². The van der Waals surface area contributed by atoms with Crippen LogP contribution in [0, 0.1) is 0 Å². The van der Waals surface area contributed by atoms with Crippen molar-refractivity contribution in [1.29, 1.82) is 0 Å². The van der Waals surface area contributed by atoms with Gasteiger partial charge < -0.3 is 4.40 Å². The zero-order valence-corrected chi connectivity index (χ0v) is 12.5. The molecule has 0 bridgehead atoms. The van der Waals surface area contributed by atoms with Gasteiger partial charge in [-0.1, -0.05) is 23.7 Å². The molecule has 0 spiro atoms. The molecule has 0 amide bonds. The van der Waals surface area contributed by atoms with Crippen LogP contribution in [0.15, 0.2) is 55.0 Å². The molecular formula is C14H12ClN3O2S. The zero-order chi connectivity index (χ0) is 14.9. The largest absolute Gasteiger partial charge is 0.305 e. The maximum Gasteiger partial charge on any atom is 0.236 e. The van der Waals surface area contributed by atoms with Crippen LogP contribution in [0.25, 0.3) is 5.65 Å². The van der Waals surface area contributed by atoms with Crippen molar-refractivity contribution in [3.63, 3.8) is 0 Å². The SMILES string of the molecule is O=S(=O)(Cc1ccc(Cl)cc1)Nc1ccc2nccn2c1. The minimum Gasteiger partial charge on any atom is -0.305 e. The Bertz CT molecular complexity index is 873. The molecule has 2 aromatic heterocycles. The van der Waals surface area contributed by atoms with Crippen LogP contribution in [0.5, 0.6) is 0 Å². The molecule has 2 heterocycles. The van der Waals surface area contributed by atoms with Gasteiger partial charge in [0.1, 0.15) is 5.65 Å². The molecule has 1 N–H and O–H groups in total. The summed E-state index contributed by atoms with van der Waals surface area (Å²) in [6.45, 7) is 0. The second-order valence-corrected chi connectivity index (χ2v) is 6.76. The molecule has 0 atom stereocenters. The molecular weight excluding hydrogens is 310 g/mol. The fourth-order valence-electron chi connectivity index (χ4n) is 2.00. The lowest BCUT2D eigenvalue weighted by atomic mass is 10.2. The Labute approximate surface area is 127 Å². The monoisotopic (exact) mass is 321 g/mol. The van der Waals surface area contributed by atoms with Crippen LogP contribution >= 0.6 is 11.6 Å². The number of hydrogen-bond acceptors (Lipinski definition) is 3. The van der Waals surface area contributed by atoms with E-state index in [1.165, 1.54) is 0 Å². The fraction of sp³-hybridized carbons (Fsp3) is 0.0714. The number of nitrogens with one attached hydrogen (secondary N) is 1. The number of benzene rings is 1. The van der Waals surface area contributed by atoms with E-state index < -0.39 is 10.0 Å². The molecule has 3 rings (SSSR count). The number of hydrogen-bond donors (Lipinski definition) is 1. The Morgan fingerprint density at radius 2 is 1.90 bits per heavy atom. The predicted octanol–water partition coefficient (Wildman–Crippen LogP) is 2.93. The Morgan fingerprint density at radius 1 is 1.14 bits per heavy atom. The number of nitrogens with zero attached hydrogens (tertiary/aromatic N) is 2. The molecule has 3 aromatic rings. The highest BCUT2D eigenvalue weighted by Gasteiger charge is 2.12. The van der Waals surface area contributed by atoms with Crippen LogP contribution < -0.4 is 4.72 Å². The summed E-state index contributed by atoms with van der Waals surface area (Å²) >= 11 is 5.78. The van der Waals surface area contributed by atoms with Gasteiger partial charge in [-0.15, -0.1) is 0 Å². The number of imidazole rings is 1. The number of halogens is 1. The molecule has 0 radical (unpaired) electrons. The Kier molecular flexibility index (Phi) is 3.57. The lowest BCUT2D eigenvalue weighted by Gasteiger charge is -2.08. The molecule has 1 aromatic carbocycles. The fourth-order valence-corrected chi connectivity index (χ4v) is 3.31. The van der Waals surface area contributed by atoms with E-state index in [0.717, 1.165) is 5.65 Å². The van der Waals surface area contributed by atoms with E-state index in [0.29, 0.717) is 16.3 Å². The minimum absolute atomic E-state index is 0.105. The summed E-state index contributed by atoms with van der Waals surface area (Å²) < 4.78 is 28.6. The van der Waals surface area contributed by atoms with Gasteiger partial charge in [0.25, 0.3) is 0 Å². The van der Waals surface area contributed by atoms with Crippen LogP contribution in [0.3, 0.4) is 0 Å². The van der Waals surface area contributed by atoms with Crippen molar-refractivity contribution in [2.45, 2.75) is 5.75 Å². The van der Waals surface area contributed by atoms with Crippen LogP contribution in [-0.4, -0.2) is 17.8 Å². The molecule has 21 heavy (non-hydrogen) atoms. The van der Waals surface area contributed by atoms with Gasteiger partial charge in [-0.05, 0) is 29.8 Å². The minimum atomic E-state index is -3.48. The van der Waals surface area contributed by atoms with Crippen molar-refractivity contribution in [2.75, 3.05) is 4.72 Å². The molecule has 0 unspecified atom stereocenters. The van der Waals surface area contributed by atoms with Gasteiger partial charge in [-0.2, -0.15) is 0 Å². The van der Waals surface area contributed by atoms with Gasteiger partial charge in [0.05, 0.1) is 11.4 Å². The van der Waals surface area contributed by atoms with E-state index in [4.69, 9.17) is 11.6 Å². The number of aromatic nitrogens is 2. The lowest BCUT2D eigenvalue weighted by Crippen LogP contribution is -2.15. The van der Waals surface area contributed by atoms with E-state index in [-0.39, 0.29) is 5.75 Å². The molecule has 108 valence electrons. The van der Waals surface area contributed by atoms with Gasteiger partial charge in [0.15, 0.2) is 0 Å². The van der Waals surface area contributed by atoms with Crippen molar-refractivity contribution in [3.8, 4) is 0 Å². The predicted molar refractivity (Wildman–Crippen MR) is 82.9 cm³/mol. The number of pyridine rings is 1. The van der Waals surface area contributed by atoms with E-state index in [1.807, 2.05) is 0 Å². The van der Waals surface area contributed by atoms with Gasteiger partial charge in [0.2, 0.25) is 10.0 Å². The summed E-state index contributed by atoms with van der Waals surface area (Å²) in [4.78, 5) is 4.11. The quantitative estimate of drug-likeness (QED) is 0.803. The van der Waals surface area contributed by atoms with Crippen LogP contribution in [0.2, 0.25) is 5.02 Å². The van der Waals surface area contributed by atoms with Gasteiger partial charge in [-0.3, -0.25) is 4.72 Å². The average molecular weight is 322 g/mol. The van der Waals surface area contributed by atoms with Crippen molar-refractivity contribution in [1.82, 2.24) is 9.38 Å². The number of sulfonamides is 1. The maximum atomic E-state index is 12.2. The summed E-state index contributed by atoms with van der Waals surface area (Å²) in [6.07, 6.45) is 5.09. The number of fused-ring (bicyclic) bond motifs is 1. The van der Waals surface area contributed by atoms with Crippen molar-refractivity contribution in [3.05, 3.63) is 65.6 Å². The molecule has 7 heteroatoms. The molecule has 0 aliphatic heterocycles. The molecule has 0 saturated carbocycles. The zero-order valence-electron chi connectivity index (χ0n) is 10.9. The van der Waals surface area contributed by atoms with Gasteiger partial charge in [0, 0.05) is 23.6 Å². The summed E-state index contributed by atoms with van der Waals surface area (Å²) in [7, 11) is -3.48. The third kappa shape index (κ3) is 3.34. The van der Waals surface area contributed by atoms with E-state index in [9.17, 15) is 8.42 Å². The number of rotatable bonds is 4. The first kappa shape index (κ1) is 13.9. The van der Waals surface area contributed by atoms with E-state index in [1.54, 1.807) is 59.4 Å². The smallest absolute Gasteiger partial charge is 0.236 e. The molecule has 0 aliphatic rings. The second-order valence-electron chi connectivity index (χ2n) is 4.60. The average Bonchev–Trinajstić information content (AvgIpc) is 2.88. The molecule has 0 fully saturated rings. The Balaban J connectivity index is 1.80. The third-order valence-electron chi connectivity index (χ3n) is 2.93. The van der Waals surface area contributed by atoms with Crippen molar-refractivity contribution < 1.29 is 8.42 Å². The molecule has 5 nitrogen and oxygen atoms in total. The first-order valence-electron chi connectivity index (χ1n) is 6.19. The highest BCUT2D eigenvalue weighted by molar-refractivity contribution is 7.91. The highest BCUT2D eigenvalue weighted by Crippen LogP contribution is 2.15. The van der Waals surface area contributed by atoms with Crippen LogP contribution in [0.4, 0.5) is 5.69 Å².